The van der Waals surface area contributed by atoms with Gasteiger partial charge in [-0.2, -0.15) is 4.31 Å². The molecule has 2 rings (SSSR count). The second-order valence-electron chi connectivity index (χ2n) is 5.75. The average Bonchev–Trinajstić information content (AvgIpc) is 2.76. The standard InChI is InChI=1S/C13H22N2O3S2/c1-10-8-15(9-13(2,3)18-10)20(16,17)12-5-4-11(19-12)6-7-14/h4-5,10H,6-9,14H2,1-3H3. The highest BCUT2D eigenvalue weighted by atomic mass is 32.2. The highest BCUT2D eigenvalue weighted by Crippen LogP contribution is 2.30. The number of thiophene rings is 1. The molecule has 1 fully saturated rings. The Bertz CT molecular complexity index is 566. The van der Waals surface area contributed by atoms with Gasteiger partial charge in [0.05, 0.1) is 11.7 Å². The first-order valence-electron chi connectivity index (χ1n) is 6.71. The van der Waals surface area contributed by atoms with E-state index in [4.69, 9.17) is 10.5 Å². The van der Waals surface area contributed by atoms with Crippen LogP contribution in [0.1, 0.15) is 25.6 Å². The van der Waals surface area contributed by atoms with Gasteiger partial charge >= 0.3 is 0 Å². The molecule has 0 amide bonds. The molecule has 1 saturated heterocycles. The van der Waals surface area contributed by atoms with Crippen molar-refractivity contribution >= 4 is 21.4 Å². The van der Waals surface area contributed by atoms with Crippen molar-refractivity contribution in [2.24, 2.45) is 5.73 Å². The van der Waals surface area contributed by atoms with Crippen molar-refractivity contribution in [3.63, 3.8) is 0 Å². The zero-order chi connectivity index (χ0) is 15.0. The van der Waals surface area contributed by atoms with Gasteiger partial charge in [-0.25, -0.2) is 8.42 Å². The fraction of sp³-hybridized carbons (Fsp3) is 0.692. The van der Waals surface area contributed by atoms with E-state index >= 15 is 0 Å². The molecule has 2 heterocycles. The zero-order valence-electron chi connectivity index (χ0n) is 12.1. The van der Waals surface area contributed by atoms with Crippen LogP contribution in [0.3, 0.4) is 0 Å². The molecule has 5 nitrogen and oxygen atoms in total. The molecule has 114 valence electrons. The van der Waals surface area contributed by atoms with Crippen molar-refractivity contribution in [2.75, 3.05) is 19.6 Å². The molecule has 1 aliphatic heterocycles. The molecule has 0 aliphatic carbocycles. The van der Waals surface area contributed by atoms with Crippen molar-refractivity contribution in [1.29, 1.82) is 0 Å². The monoisotopic (exact) mass is 318 g/mol. The maximum Gasteiger partial charge on any atom is 0.252 e. The average molecular weight is 318 g/mol. The Morgan fingerprint density at radius 3 is 2.80 bits per heavy atom. The van der Waals surface area contributed by atoms with Gasteiger partial charge < -0.3 is 10.5 Å². The number of sulfonamides is 1. The SMILES string of the molecule is CC1CN(S(=O)(=O)c2ccc(CCN)s2)CC(C)(C)O1. The minimum absolute atomic E-state index is 0.100. The van der Waals surface area contributed by atoms with E-state index in [9.17, 15) is 8.42 Å². The molecule has 0 radical (unpaired) electrons. The first kappa shape index (κ1) is 15.9. The number of nitrogens with zero attached hydrogens (tertiary/aromatic N) is 1. The quantitative estimate of drug-likeness (QED) is 0.912. The van der Waals surface area contributed by atoms with Crippen LogP contribution in [0.5, 0.6) is 0 Å². The summed E-state index contributed by atoms with van der Waals surface area (Å²) >= 11 is 1.31. The first-order chi connectivity index (χ1) is 9.24. The van der Waals surface area contributed by atoms with Gasteiger partial charge in [0.2, 0.25) is 0 Å². The second-order valence-corrected chi connectivity index (χ2v) is 9.08. The molecule has 0 aromatic carbocycles. The van der Waals surface area contributed by atoms with Crippen LogP contribution in [0.4, 0.5) is 0 Å². The van der Waals surface area contributed by atoms with Gasteiger partial charge in [-0.15, -0.1) is 11.3 Å². The molecule has 1 aromatic heterocycles. The number of nitrogens with two attached hydrogens (primary N) is 1. The Morgan fingerprint density at radius 1 is 1.50 bits per heavy atom. The van der Waals surface area contributed by atoms with Crippen LogP contribution in [-0.4, -0.2) is 44.1 Å². The van der Waals surface area contributed by atoms with Crippen molar-refractivity contribution in [3.8, 4) is 0 Å². The summed E-state index contributed by atoms with van der Waals surface area (Å²) in [5.41, 5.74) is 5.05. The molecule has 1 unspecified atom stereocenters. The second kappa shape index (κ2) is 5.73. The summed E-state index contributed by atoms with van der Waals surface area (Å²) in [7, 11) is -3.43. The Morgan fingerprint density at radius 2 is 2.20 bits per heavy atom. The minimum Gasteiger partial charge on any atom is -0.370 e. The van der Waals surface area contributed by atoms with Gasteiger partial charge in [-0.1, -0.05) is 0 Å². The maximum atomic E-state index is 12.7. The molecule has 0 bridgehead atoms. The van der Waals surface area contributed by atoms with Crippen LogP contribution in [0.15, 0.2) is 16.3 Å². The summed E-state index contributed by atoms with van der Waals surface area (Å²) in [4.78, 5) is 1.01. The van der Waals surface area contributed by atoms with Crippen LogP contribution in [-0.2, 0) is 21.2 Å². The maximum absolute atomic E-state index is 12.7. The lowest BCUT2D eigenvalue weighted by Gasteiger charge is -2.40. The van der Waals surface area contributed by atoms with E-state index in [2.05, 4.69) is 0 Å². The third-order valence-electron chi connectivity index (χ3n) is 3.16. The molecular formula is C13H22N2O3S2. The fourth-order valence-electron chi connectivity index (χ4n) is 2.48. The van der Waals surface area contributed by atoms with Crippen LogP contribution < -0.4 is 5.73 Å². The summed E-state index contributed by atoms with van der Waals surface area (Å²) in [5, 5.41) is 0. The van der Waals surface area contributed by atoms with Gasteiger partial charge in [0.15, 0.2) is 0 Å². The van der Waals surface area contributed by atoms with Gasteiger partial charge in [0.1, 0.15) is 4.21 Å². The van der Waals surface area contributed by atoms with Crippen LogP contribution in [0.2, 0.25) is 0 Å². The fourth-order valence-corrected chi connectivity index (χ4v) is 5.67. The predicted octanol–water partition coefficient (Wildman–Crippen LogP) is 1.44. The summed E-state index contributed by atoms with van der Waals surface area (Å²) in [6, 6.07) is 3.53. The molecule has 0 spiro atoms. The van der Waals surface area contributed by atoms with E-state index in [1.807, 2.05) is 26.8 Å². The van der Waals surface area contributed by atoms with Gasteiger partial charge in [0, 0.05) is 18.0 Å². The Hall–Kier alpha value is -0.470. The van der Waals surface area contributed by atoms with E-state index in [0.717, 1.165) is 4.88 Å². The van der Waals surface area contributed by atoms with Crippen molar-refractivity contribution in [2.45, 2.75) is 43.1 Å². The number of hydrogen-bond acceptors (Lipinski definition) is 5. The molecule has 2 N–H and O–H groups in total. The van der Waals surface area contributed by atoms with E-state index in [-0.39, 0.29) is 6.10 Å². The van der Waals surface area contributed by atoms with Crippen LogP contribution in [0.25, 0.3) is 0 Å². The van der Waals surface area contributed by atoms with Gasteiger partial charge in [0.25, 0.3) is 10.0 Å². The van der Waals surface area contributed by atoms with Crippen molar-refractivity contribution < 1.29 is 13.2 Å². The summed E-state index contributed by atoms with van der Waals surface area (Å²) in [6.07, 6.45) is 0.613. The highest BCUT2D eigenvalue weighted by Gasteiger charge is 2.38. The molecule has 1 aromatic rings. The lowest BCUT2D eigenvalue weighted by molar-refractivity contribution is -0.109. The largest absolute Gasteiger partial charge is 0.370 e. The molecular weight excluding hydrogens is 296 g/mol. The Balaban J connectivity index is 2.24. The predicted molar refractivity (Wildman–Crippen MR) is 80.5 cm³/mol. The lowest BCUT2D eigenvalue weighted by Crippen LogP contribution is -2.53. The van der Waals surface area contributed by atoms with E-state index < -0.39 is 15.6 Å². The normalized spacial score (nSPS) is 23.9. The highest BCUT2D eigenvalue weighted by molar-refractivity contribution is 7.91. The van der Waals surface area contributed by atoms with Crippen LogP contribution in [0, 0.1) is 0 Å². The number of ether oxygens (including phenoxy) is 1. The van der Waals surface area contributed by atoms with Gasteiger partial charge in [-0.05, 0) is 45.9 Å². The molecule has 1 aliphatic rings. The molecule has 1 atom stereocenters. The smallest absolute Gasteiger partial charge is 0.252 e. The Labute approximate surface area is 124 Å². The molecule has 7 heteroatoms. The van der Waals surface area contributed by atoms with Crippen molar-refractivity contribution in [1.82, 2.24) is 4.31 Å². The number of morpholine rings is 1. The number of hydrogen-bond donors (Lipinski definition) is 1. The van der Waals surface area contributed by atoms with E-state index in [1.54, 1.807) is 6.07 Å². The van der Waals surface area contributed by atoms with Crippen LogP contribution >= 0.6 is 11.3 Å². The summed E-state index contributed by atoms with van der Waals surface area (Å²) in [6.45, 7) is 7.04. The summed E-state index contributed by atoms with van der Waals surface area (Å²) in [5.74, 6) is 0. The zero-order valence-corrected chi connectivity index (χ0v) is 13.8. The van der Waals surface area contributed by atoms with Gasteiger partial charge in [-0.3, -0.25) is 0 Å². The minimum atomic E-state index is -3.43. The molecule has 0 saturated carbocycles. The molecule has 20 heavy (non-hydrogen) atoms. The third-order valence-corrected chi connectivity index (χ3v) is 6.58. The van der Waals surface area contributed by atoms with E-state index in [1.165, 1.54) is 15.6 Å². The van der Waals surface area contributed by atoms with Crippen molar-refractivity contribution in [3.05, 3.63) is 17.0 Å². The van der Waals surface area contributed by atoms with E-state index in [0.29, 0.717) is 30.3 Å². The topological polar surface area (TPSA) is 72.6 Å². The third kappa shape index (κ3) is 3.40. The first-order valence-corrected chi connectivity index (χ1v) is 8.97. The summed E-state index contributed by atoms with van der Waals surface area (Å²) < 4.78 is 33.1. The number of rotatable bonds is 4. The Kier molecular flexibility index (Phi) is 4.56. The lowest BCUT2D eigenvalue weighted by atomic mass is 10.1.